The van der Waals surface area contributed by atoms with Crippen molar-refractivity contribution in [1.82, 2.24) is 0 Å². The predicted octanol–water partition coefficient (Wildman–Crippen LogP) is 5.19. The van der Waals surface area contributed by atoms with Crippen LogP contribution in [0, 0.1) is 11.6 Å². The third-order valence-corrected chi connectivity index (χ3v) is 4.61. The molecular weight excluding hydrogens is 403 g/mol. The van der Waals surface area contributed by atoms with Gasteiger partial charge in [-0.3, -0.25) is 0 Å². The van der Waals surface area contributed by atoms with E-state index >= 15 is 0 Å². The van der Waals surface area contributed by atoms with E-state index in [0.29, 0.717) is 15.1 Å². The molecule has 0 spiro atoms. The Hall–Kier alpha value is -0.490. The van der Waals surface area contributed by atoms with Gasteiger partial charge in [-0.15, -0.1) is 0 Å². The fraction of sp³-hybridized carbons (Fsp3) is 0.0769. The van der Waals surface area contributed by atoms with Gasteiger partial charge in [0.1, 0.15) is 11.6 Å². The highest BCUT2D eigenvalue weighted by molar-refractivity contribution is 9.10. The normalized spacial score (nSPS) is 12.5. The van der Waals surface area contributed by atoms with Crippen molar-refractivity contribution in [3.63, 3.8) is 0 Å². The van der Waals surface area contributed by atoms with E-state index < -0.39 is 17.7 Å². The van der Waals surface area contributed by atoms with Crippen LogP contribution in [-0.2, 0) is 0 Å². The topological polar surface area (TPSA) is 26.0 Å². The molecule has 100 valence electrons. The zero-order valence-corrected chi connectivity index (χ0v) is 13.4. The van der Waals surface area contributed by atoms with E-state index in [1.165, 1.54) is 0 Å². The van der Waals surface area contributed by atoms with E-state index in [-0.39, 0.29) is 10.0 Å². The minimum Gasteiger partial charge on any atom is -0.320 e. The van der Waals surface area contributed by atoms with Crippen LogP contribution < -0.4 is 5.73 Å². The molecule has 0 aliphatic carbocycles. The van der Waals surface area contributed by atoms with Crippen LogP contribution in [0.1, 0.15) is 17.2 Å². The van der Waals surface area contributed by atoms with Crippen LogP contribution in [0.2, 0.25) is 5.02 Å². The Bertz CT molecular complexity index is 634. The molecule has 0 amide bonds. The molecule has 2 rings (SSSR count). The summed E-state index contributed by atoms with van der Waals surface area (Å²) in [6.45, 7) is 0. The third kappa shape index (κ3) is 2.99. The summed E-state index contributed by atoms with van der Waals surface area (Å²) in [6.07, 6.45) is 0. The van der Waals surface area contributed by atoms with Gasteiger partial charge in [0.2, 0.25) is 0 Å². The van der Waals surface area contributed by atoms with Gasteiger partial charge in [-0.25, -0.2) is 8.78 Å². The van der Waals surface area contributed by atoms with Crippen molar-refractivity contribution >= 4 is 43.5 Å². The average molecular weight is 411 g/mol. The van der Waals surface area contributed by atoms with E-state index in [4.69, 9.17) is 17.3 Å². The molecule has 0 aliphatic rings. The number of halogens is 5. The first-order valence-electron chi connectivity index (χ1n) is 5.25. The number of hydrogen-bond donors (Lipinski definition) is 1. The molecule has 0 heterocycles. The SMILES string of the molecule is NC(c1cc(F)c(Br)cc1F)c1cccc(Br)c1Cl. The molecule has 0 radical (unpaired) electrons. The first-order chi connectivity index (χ1) is 8.91. The molecule has 0 bridgehead atoms. The van der Waals surface area contributed by atoms with E-state index in [1.807, 2.05) is 0 Å². The monoisotopic (exact) mass is 409 g/mol. The van der Waals surface area contributed by atoms with Crippen molar-refractivity contribution in [3.8, 4) is 0 Å². The quantitative estimate of drug-likeness (QED) is 0.676. The summed E-state index contributed by atoms with van der Waals surface area (Å²) >= 11 is 12.3. The minimum absolute atomic E-state index is 0.0562. The van der Waals surface area contributed by atoms with Gasteiger partial charge in [0.15, 0.2) is 0 Å². The second-order valence-corrected chi connectivity index (χ2v) is 6.00. The van der Waals surface area contributed by atoms with E-state index in [9.17, 15) is 8.78 Å². The Morgan fingerprint density at radius 2 is 1.68 bits per heavy atom. The van der Waals surface area contributed by atoms with Crippen LogP contribution in [0.4, 0.5) is 8.78 Å². The summed E-state index contributed by atoms with van der Waals surface area (Å²) in [6, 6.07) is 6.44. The van der Waals surface area contributed by atoms with E-state index in [0.717, 1.165) is 12.1 Å². The molecular formula is C13H8Br2ClF2N. The predicted molar refractivity (Wildman–Crippen MR) is 79.2 cm³/mol. The first kappa shape index (κ1) is 14.9. The molecule has 2 aromatic carbocycles. The van der Waals surface area contributed by atoms with Gasteiger partial charge in [-0.2, -0.15) is 0 Å². The zero-order chi connectivity index (χ0) is 14.2. The lowest BCUT2D eigenvalue weighted by atomic mass is 9.99. The zero-order valence-electron chi connectivity index (χ0n) is 9.43. The lowest BCUT2D eigenvalue weighted by molar-refractivity contribution is 0.572. The molecule has 0 fully saturated rings. The fourth-order valence-corrected chi connectivity index (χ4v) is 2.64. The Balaban J connectivity index is 2.53. The first-order valence-corrected chi connectivity index (χ1v) is 7.22. The molecule has 1 unspecified atom stereocenters. The molecule has 19 heavy (non-hydrogen) atoms. The van der Waals surface area contributed by atoms with Crippen LogP contribution in [0.15, 0.2) is 39.3 Å². The van der Waals surface area contributed by atoms with Gasteiger partial charge in [0.25, 0.3) is 0 Å². The van der Waals surface area contributed by atoms with Crippen molar-refractivity contribution in [2.45, 2.75) is 6.04 Å². The van der Waals surface area contributed by atoms with Crippen molar-refractivity contribution < 1.29 is 8.78 Å². The Morgan fingerprint density at radius 1 is 1.00 bits per heavy atom. The van der Waals surface area contributed by atoms with Crippen LogP contribution in [-0.4, -0.2) is 0 Å². The lowest BCUT2D eigenvalue weighted by Gasteiger charge is -2.16. The second-order valence-electron chi connectivity index (χ2n) is 3.91. The molecule has 1 nitrogen and oxygen atoms in total. The highest BCUT2D eigenvalue weighted by atomic mass is 79.9. The number of hydrogen-bond acceptors (Lipinski definition) is 1. The summed E-state index contributed by atoms with van der Waals surface area (Å²) < 4.78 is 28.1. The van der Waals surface area contributed by atoms with Gasteiger partial charge in [0.05, 0.1) is 15.5 Å². The maximum atomic E-state index is 13.9. The van der Waals surface area contributed by atoms with Crippen molar-refractivity contribution in [2.75, 3.05) is 0 Å². The molecule has 0 saturated carbocycles. The van der Waals surface area contributed by atoms with Gasteiger partial charge in [-0.05, 0) is 55.6 Å². The van der Waals surface area contributed by atoms with Crippen LogP contribution in [0.25, 0.3) is 0 Å². The molecule has 2 N–H and O–H groups in total. The largest absolute Gasteiger partial charge is 0.320 e. The lowest BCUT2D eigenvalue weighted by Crippen LogP contribution is -2.14. The van der Waals surface area contributed by atoms with Gasteiger partial charge in [0, 0.05) is 10.0 Å². The van der Waals surface area contributed by atoms with Gasteiger partial charge >= 0.3 is 0 Å². The second kappa shape index (κ2) is 5.87. The molecule has 6 heteroatoms. The van der Waals surface area contributed by atoms with E-state index in [1.54, 1.807) is 18.2 Å². The van der Waals surface area contributed by atoms with Crippen LogP contribution in [0.3, 0.4) is 0 Å². The summed E-state index contributed by atoms with van der Waals surface area (Å²) in [5, 5.41) is 0.387. The van der Waals surface area contributed by atoms with E-state index in [2.05, 4.69) is 31.9 Å². The summed E-state index contributed by atoms with van der Waals surface area (Å²) in [4.78, 5) is 0. The molecule has 0 aromatic heterocycles. The average Bonchev–Trinajstić information content (AvgIpc) is 2.36. The third-order valence-electron chi connectivity index (χ3n) is 2.69. The summed E-state index contributed by atoms with van der Waals surface area (Å²) in [7, 11) is 0. The minimum atomic E-state index is -0.840. The number of nitrogens with two attached hydrogens (primary N) is 1. The summed E-state index contributed by atoms with van der Waals surface area (Å²) in [5.41, 5.74) is 6.56. The standard InChI is InChI=1S/C13H8Br2ClF2N/c14-8-3-1-2-6(12(8)16)13(19)7-4-11(18)9(15)5-10(7)17/h1-5,13H,19H2. The maximum Gasteiger partial charge on any atom is 0.137 e. The van der Waals surface area contributed by atoms with Gasteiger partial charge < -0.3 is 5.73 Å². The fourth-order valence-electron chi connectivity index (χ4n) is 1.70. The Labute approximate surface area is 131 Å². The van der Waals surface area contributed by atoms with Crippen molar-refractivity contribution in [1.29, 1.82) is 0 Å². The summed E-state index contributed by atoms with van der Waals surface area (Å²) in [5.74, 6) is -1.16. The molecule has 1 atom stereocenters. The van der Waals surface area contributed by atoms with Crippen LogP contribution >= 0.6 is 43.5 Å². The van der Waals surface area contributed by atoms with Crippen molar-refractivity contribution in [2.24, 2.45) is 5.73 Å². The van der Waals surface area contributed by atoms with Crippen molar-refractivity contribution in [3.05, 3.63) is 67.1 Å². The van der Waals surface area contributed by atoms with Crippen LogP contribution in [0.5, 0.6) is 0 Å². The Kier molecular flexibility index (Phi) is 4.61. The highest BCUT2D eigenvalue weighted by Crippen LogP contribution is 2.34. The molecule has 2 aromatic rings. The number of benzene rings is 2. The highest BCUT2D eigenvalue weighted by Gasteiger charge is 2.19. The van der Waals surface area contributed by atoms with Gasteiger partial charge in [-0.1, -0.05) is 23.7 Å². The maximum absolute atomic E-state index is 13.9. The smallest absolute Gasteiger partial charge is 0.137 e. The molecule has 0 aliphatic heterocycles. The number of rotatable bonds is 2. The Morgan fingerprint density at radius 3 is 2.37 bits per heavy atom. The molecule has 0 saturated heterocycles.